The van der Waals surface area contributed by atoms with Gasteiger partial charge in [0.2, 0.25) is 5.88 Å². The molecule has 0 radical (unpaired) electrons. The van der Waals surface area contributed by atoms with E-state index in [0.29, 0.717) is 11.2 Å². The summed E-state index contributed by atoms with van der Waals surface area (Å²) in [6.07, 6.45) is 1.84. The number of carbonyl (C=O) groups excluding carboxylic acids is 1. The first-order valence-corrected chi connectivity index (χ1v) is 7.42. The minimum absolute atomic E-state index is 0.138. The molecule has 0 spiro atoms. The van der Waals surface area contributed by atoms with Gasteiger partial charge in [0.25, 0.3) is 5.56 Å². The van der Waals surface area contributed by atoms with Gasteiger partial charge in [-0.05, 0) is 34.5 Å². The molecule has 0 saturated carbocycles. The number of rotatable bonds is 1. The van der Waals surface area contributed by atoms with E-state index < -0.39 is 0 Å². The highest BCUT2D eigenvalue weighted by atomic mass is 32.1. The van der Waals surface area contributed by atoms with Gasteiger partial charge in [-0.25, -0.2) is 0 Å². The van der Waals surface area contributed by atoms with Gasteiger partial charge < -0.3 is 4.74 Å². The first kappa shape index (κ1) is 12.3. The van der Waals surface area contributed by atoms with Gasteiger partial charge in [-0.3, -0.25) is 14.0 Å². The number of aromatic nitrogens is 2. The second kappa shape index (κ2) is 4.53. The van der Waals surface area contributed by atoms with E-state index in [9.17, 15) is 9.59 Å². The number of pyridine rings is 1. The zero-order chi connectivity index (χ0) is 14.4. The topological polar surface area (TPSA) is 60.7 Å². The second-order valence-electron chi connectivity index (χ2n) is 4.85. The molecule has 0 bridgehead atoms. The number of nitrogens with zero attached hydrogens (tertiary/aromatic N) is 2. The summed E-state index contributed by atoms with van der Waals surface area (Å²) in [5.74, 6) is -0.505. The molecule has 0 fully saturated rings. The predicted octanol–water partition coefficient (Wildman–Crippen LogP) is 2.20. The van der Waals surface area contributed by atoms with Gasteiger partial charge >= 0.3 is 5.97 Å². The Labute approximate surface area is 123 Å². The SMILES string of the molecule is O=C1CC(c2ccsc2)c2c(nc3ccccn3c2=O)O1. The summed E-state index contributed by atoms with van der Waals surface area (Å²) in [7, 11) is 0. The lowest BCUT2D eigenvalue weighted by molar-refractivity contribution is -0.135. The summed E-state index contributed by atoms with van der Waals surface area (Å²) >= 11 is 1.54. The molecule has 0 amide bonds. The Balaban J connectivity index is 2.04. The van der Waals surface area contributed by atoms with Crippen molar-refractivity contribution in [1.29, 1.82) is 0 Å². The summed E-state index contributed by atoms with van der Waals surface area (Å²) in [6.45, 7) is 0. The molecule has 1 aliphatic heterocycles. The summed E-state index contributed by atoms with van der Waals surface area (Å²) in [5.41, 5.74) is 1.70. The van der Waals surface area contributed by atoms with Crippen molar-refractivity contribution in [2.45, 2.75) is 12.3 Å². The van der Waals surface area contributed by atoms with Crippen LogP contribution in [0.4, 0.5) is 0 Å². The Morgan fingerprint density at radius 3 is 3.00 bits per heavy atom. The standard InChI is InChI=1S/C15H10N2O3S/c18-12-7-10(9-4-6-21-8-9)13-14(20-12)16-11-3-1-2-5-17(11)15(13)19/h1-6,8,10H,7H2. The van der Waals surface area contributed by atoms with Crippen LogP contribution in [0.1, 0.15) is 23.5 Å². The highest BCUT2D eigenvalue weighted by Gasteiger charge is 2.33. The van der Waals surface area contributed by atoms with Crippen molar-refractivity contribution in [1.82, 2.24) is 9.38 Å². The predicted molar refractivity (Wildman–Crippen MR) is 77.9 cm³/mol. The van der Waals surface area contributed by atoms with Gasteiger partial charge in [-0.15, -0.1) is 0 Å². The van der Waals surface area contributed by atoms with Crippen LogP contribution in [-0.2, 0) is 4.79 Å². The third-order valence-electron chi connectivity index (χ3n) is 3.61. The molecule has 104 valence electrons. The van der Waals surface area contributed by atoms with E-state index >= 15 is 0 Å². The maximum absolute atomic E-state index is 12.7. The van der Waals surface area contributed by atoms with E-state index in [2.05, 4.69) is 4.98 Å². The van der Waals surface area contributed by atoms with Crippen molar-refractivity contribution in [3.63, 3.8) is 0 Å². The van der Waals surface area contributed by atoms with Crippen LogP contribution in [0.15, 0.2) is 46.0 Å². The van der Waals surface area contributed by atoms with Gasteiger partial charge in [-0.1, -0.05) is 6.07 Å². The third kappa shape index (κ3) is 1.87. The summed E-state index contributed by atoms with van der Waals surface area (Å²) in [5, 5.41) is 3.88. The largest absolute Gasteiger partial charge is 0.407 e. The first-order valence-electron chi connectivity index (χ1n) is 6.48. The van der Waals surface area contributed by atoms with Crippen molar-refractivity contribution in [2.24, 2.45) is 0 Å². The van der Waals surface area contributed by atoms with Gasteiger partial charge in [0, 0.05) is 12.1 Å². The molecule has 1 unspecified atom stereocenters. The van der Waals surface area contributed by atoms with Crippen LogP contribution in [-0.4, -0.2) is 15.4 Å². The number of esters is 1. The van der Waals surface area contributed by atoms with Gasteiger partial charge in [-0.2, -0.15) is 16.3 Å². The van der Waals surface area contributed by atoms with E-state index in [-0.39, 0.29) is 29.7 Å². The molecule has 0 saturated heterocycles. The molecule has 1 atom stereocenters. The molecule has 4 heterocycles. The van der Waals surface area contributed by atoms with E-state index in [1.54, 1.807) is 24.4 Å². The monoisotopic (exact) mass is 298 g/mol. The number of ether oxygens (including phenoxy) is 1. The minimum Gasteiger partial charge on any atom is -0.407 e. The van der Waals surface area contributed by atoms with Crippen LogP contribution in [0, 0.1) is 0 Å². The van der Waals surface area contributed by atoms with E-state index in [0.717, 1.165) is 5.56 Å². The Morgan fingerprint density at radius 1 is 1.29 bits per heavy atom. The number of hydrogen-bond donors (Lipinski definition) is 0. The van der Waals surface area contributed by atoms with E-state index in [4.69, 9.17) is 4.74 Å². The second-order valence-corrected chi connectivity index (χ2v) is 5.63. The summed E-state index contributed by atoms with van der Waals surface area (Å²) in [4.78, 5) is 28.8. The fourth-order valence-electron chi connectivity index (χ4n) is 2.63. The number of hydrogen-bond acceptors (Lipinski definition) is 5. The quantitative estimate of drug-likeness (QED) is 0.646. The lowest BCUT2D eigenvalue weighted by Gasteiger charge is -2.22. The zero-order valence-electron chi connectivity index (χ0n) is 10.9. The maximum atomic E-state index is 12.7. The Kier molecular flexibility index (Phi) is 2.65. The number of thiophene rings is 1. The molecular formula is C15H10N2O3S. The Bertz CT molecular complexity index is 899. The highest BCUT2D eigenvalue weighted by molar-refractivity contribution is 7.08. The molecule has 3 aromatic heterocycles. The Hall–Kier alpha value is -2.47. The normalized spacial score (nSPS) is 17.5. The van der Waals surface area contributed by atoms with Gasteiger partial charge in [0.05, 0.1) is 12.0 Å². The van der Waals surface area contributed by atoms with Crippen LogP contribution < -0.4 is 10.3 Å². The van der Waals surface area contributed by atoms with Crippen LogP contribution in [0.5, 0.6) is 5.88 Å². The molecule has 21 heavy (non-hydrogen) atoms. The Morgan fingerprint density at radius 2 is 2.19 bits per heavy atom. The molecule has 0 aliphatic carbocycles. The van der Waals surface area contributed by atoms with Crippen LogP contribution >= 0.6 is 11.3 Å². The number of carbonyl (C=O) groups is 1. The molecule has 3 aromatic rings. The van der Waals surface area contributed by atoms with Gasteiger partial charge in [0.15, 0.2) is 0 Å². The van der Waals surface area contributed by atoms with Crippen molar-refractivity contribution in [3.05, 3.63) is 62.7 Å². The molecule has 0 N–H and O–H groups in total. The molecular weight excluding hydrogens is 288 g/mol. The van der Waals surface area contributed by atoms with Crippen molar-refractivity contribution in [2.75, 3.05) is 0 Å². The first-order chi connectivity index (χ1) is 10.2. The smallest absolute Gasteiger partial charge is 0.313 e. The molecule has 0 aromatic carbocycles. The van der Waals surface area contributed by atoms with Crippen molar-refractivity contribution >= 4 is 23.0 Å². The fourth-order valence-corrected chi connectivity index (χ4v) is 3.35. The number of fused-ring (bicyclic) bond motifs is 2. The van der Waals surface area contributed by atoms with Crippen molar-refractivity contribution in [3.8, 4) is 5.88 Å². The van der Waals surface area contributed by atoms with E-state index in [1.807, 2.05) is 16.8 Å². The summed E-state index contributed by atoms with van der Waals surface area (Å²) < 4.78 is 6.67. The highest BCUT2D eigenvalue weighted by Crippen LogP contribution is 2.36. The van der Waals surface area contributed by atoms with Gasteiger partial charge in [0.1, 0.15) is 5.65 Å². The van der Waals surface area contributed by atoms with Crippen LogP contribution in [0.3, 0.4) is 0 Å². The van der Waals surface area contributed by atoms with Crippen LogP contribution in [0.2, 0.25) is 0 Å². The van der Waals surface area contributed by atoms with Crippen LogP contribution in [0.25, 0.3) is 5.65 Å². The lowest BCUT2D eigenvalue weighted by Crippen LogP contribution is -2.30. The third-order valence-corrected chi connectivity index (χ3v) is 4.31. The maximum Gasteiger partial charge on any atom is 0.313 e. The van der Waals surface area contributed by atoms with E-state index in [1.165, 1.54) is 15.7 Å². The molecule has 6 heteroatoms. The molecule has 4 rings (SSSR count). The van der Waals surface area contributed by atoms with Crippen molar-refractivity contribution < 1.29 is 9.53 Å². The average Bonchev–Trinajstić information content (AvgIpc) is 3.00. The average molecular weight is 298 g/mol. The lowest BCUT2D eigenvalue weighted by atomic mass is 9.90. The fraction of sp³-hybridized carbons (Fsp3) is 0.133. The molecule has 5 nitrogen and oxygen atoms in total. The zero-order valence-corrected chi connectivity index (χ0v) is 11.7. The minimum atomic E-state index is -0.356. The summed E-state index contributed by atoms with van der Waals surface area (Å²) in [6, 6.07) is 7.20. The molecule has 1 aliphatic rings.